The highest BCUT2D eigenvalue weighted by atomic mass is 32.2. The van der Waals surface area contributed by atoms with Gasteiger partial charge in [-0.1, -0.05) is 0 Å². The molecular weight excluding hydrogens is 268 g/mol. The van der Waals surface area contributed by atoms with Gasteiger partial charge in [0.15, 0.2) is 6.10 Å². The Morgan fingerprint density at radius 3 is 2.78 bits per heavy atom. The van der Waals surface area contributed by atoms with Crippen molar-refractivity contribution in [2.75, 3.05) is 19.1 Å². The highest BCUT2D eigenvalue weighted by molar-refractivity contribution is 8.21. The number of carbonyl (C=O) groups is 1. The summed E-state index contributed by atoms with van der Waals surface area (Å²) in [4.78, 5) is 11.8. The highest BCUT2D eigenvalue weighted by Gasteiger charge is 2.64. The molecule has 1 aliphatic carbocycles. The summed E-state index contributed by atoms with van der Waals surface area (Å²) in [6.45, 7) is 2.26. The molecule has 2 aliphatic rings. The lowest BCUT2D eigenvalue weighted by Crippen LogP contribution is -2.28. The number of esters is 1. The molecule has 18 heavy (non-hydrogen) atoms. The monoisotopic (exact) mass is 288 g/mol. The molecule has 1 spiro atoms. The number of hydrogen-bond acceptors (Lipinski definition) is 5. The lowest BCUT2D eigenvalue weighted by molar-refractivity contribution is -0.144. The van der Waals surface area contributed by atoms with Crippen molar-refractivity contribution >= 4 is 29.5 Å². The second-order valence-electron chi connectivity index (χ2n) is 4.52. The molecule has 2 unspecified atom stereocenters. The summed E-state index contributed by atoms with van der Waals surface area (Å²) in [6, 6.07) is 0. The van der Waals surface area contributed by atoms with Gasteiger partial charge in [0.1, 0.15) is 5.60 Å². The molecule has 0 aromatic carbocycles. The third kappa shape index (κ3) is 2.45. The Bertz CT molecular complexity index is 361. The average molecular weight is 288 g/mol. The molecule has 0 N–H and O–H groups in total. The van der Waals surface area contributed by atoms with Crippen LogP contribution < -0.4 is 0 Å². The number of carbonyl (C=O) groups excluding carboxylic acids is 1. The minimum atomic E-state index is -0.359. The van der Waals surface area contributed by atoms with Crippen LogP contribution in [0.5, 0.6) is 0 Å². The van der Waals surface area contributed by atoms with Gasteiger partial charge >= 0.3 is 5.97 Å². The van der Waals surface area contributed by atoms with Crippen molar-refractivity contribution < 1.29 is 14.3 Å². The molecule has 3 nitrogen and oxygen atoms in total. The van der Waals surface area contributed by atoms with E-state index in [2.05, 4.69) is 12.5 Å². The number of rotatable bonds is 4. The van der Waals surface area contributed by atoms with Crippen molar-refractivity contribution in [2.24, 2.45) is 0 Å². The molecule has 0 radical (unpaired) electrons. The van der Waals surface area contributed by atoms with Gasteiger partial charge in [-0.25, -0.2) is 4.79 Å². The molecule has 5 heteroatoms. The van der Waals surface area contributed by atoms with Gasteiger partial charge in [0.2, 0.25) is 0 Å². The van der Waals surface area contributed by atoms with E-state index in [1.165, 1.54) is 16.2 Å². The zero-order valence-electron chi connectivity index (χ0n) is 11.2. The summed E-state index contributed by atoms with van der Waals surface area (Å²) in [6.07, 6.45) is 8.15. The smallest absolute Gasteiger partial charge is 0.338 e. The Balaban J connectivity index is 2.20. The van der Waals surface area contributed by atoms with Crippen molar-refractivity contribution in [3.05, 3.63) is 9.81 Å². The maximum Gasteiger partial charge on any atom is 0.338 e. The number of ether oxygens (including phenoxy) is 2. The van der Waals surface area contributed by atoms with E-state index in [4.69, 9.17) is 9.47 Å². The van der Waals surface area contributed by atoms with E-state index in [1.54, 1.807) is 23.5 Å². The summed E-state index contributed by atoms with van der Waals surface area (Å²) in [5.74, 6) is -0.196. The molecule has 0 aromatic rings. The Kier molecular flexibility index (Phi) is 4.67. The molecule has 1 heterocycles. The molecule has 102 valence electrons. The van der Waals surface area contributed by atoms with Gasteiger partial charge in [0.05, 0.1) is 6.61 Å². The fourth-order valence-corrected chi connectivity index (χ4v) is 4.42. The standard InChI is InChI=1S/C13H20O3S2/c1-4-15-11(14)10-13(16-10)8-6-5-7-9(13)12(17-2)18-3/h10H,4-8H2,1-3H3. The van der Waals surface area contributed by atoms with Crippen LogP contribution in [0.25, 0.3) is 0 Å². The van der Waals surface area contributed by atoms with Crippen LogP contribution in [0, 0.1) is 0 Å². The third-order valence-electron chi connectivity index (χ3n) is 3.55. The molecule has 0 amide bonds. The van der Waals surface area contributed by atoms with E-state index in [-0.39, 0.29) is 17.7 Å². The van der Waals surface area contributed by atoms with Crippen LogP contribution in [0.2, 0.25) is 0 Å². The number of hydrogen-bond donors (Lipinski definition) is 0. The lowest BCUT2D eigenvalue weighted by Gasteiger charge is -2.24. The van der Waals surface area contributed by atoms with Crippen molar-refractivity contribution in [2.45, 2.75) is 44.3 Å². The van der Waals surface area contributed by atoms with Gasteiger partial charge in [0.25, 0.3) is 0 Å². The van der Waals surface area contributed by atoms with E-state index in [9.17, 15) is 4.79 Å². The van der Waals surface area contributed by atoms with Crippen molar-refractivity contribution in [1.82, 2.24) is 0 Å². The Morgan fingerprint density at radius 2 is 2.17 bits per heavy atom. The van der Waals surface area contributed by atoms with Crippen LogP contribution in [-0.2, 0) is 14.3 Å². The molecule has 2 fully saturated rings. The Morgan fingerprint density at radius 1 is 1.44 bits per heavy atom. The minimum absolute atomic E-state index is 0.196. The van der Waals surface area contributed by atoms with Gasteiger partial charge in [-0.15, -0.1) is 23.5 Å². The Labute approximate surface area is 117 Å². The number of thioether (sulfide) groups is 2. The van der Waals surface area contributed by atoms with Crippen LogP contribution in [0.1, 0.15) is 32.6 Å². The van der Waals surface area contributed by atoms with Crippen molar-refractivity contribution in [3.8, 4) is 0 Å². The molecule has 2 atom stereocenters. The first kappa shape index (κ1) is 14.3. The molecule has 1 aliphatic heterocycles. The first-order valence-corrected chi connectivity index (χ1v) is 8.80. The van der Waals surface area contributed by atoms with E-state index in [1.807, 2.05) is 6.92 Å². The van der Waals surface area contributed by atoms with E-state index in [0.717, 1.165) is 19.3 Å². The minimum Gasteiger partial charge on any atom is -0.464 e. The maximum absolute atomic E-state index is 11.8. The first-order chi connectivity index (χ1) is 8.69. The second kappa shape index (κ2) is 5.88. The molecule has 0 aromatic heterocycles. The first-order valence-electron chi connectivity index (χ1n) is 6.35. The average Bonchev–Trinajstić information content (AvgIpc) is 3.08. The van der Waals surface area contributed by atoms with Crippen LogP contribution in [0.3, 0.4) is 0 Å². The Hall–Kier alpha value is -0.130. The summed E-state index contributed by atoms with van der Waals surface area (Å²) >= 11 is 3.51. The van der Waals surface area contributed by atoms with Crippen molar-refractivity contribution in [1.29, 1.82) is 0 Å². The molecule has 0 bridgehead atoms. The van der Waals surface area contributed by atoms with Crippen LogP contribution >= 0.6 is 23.5 Å². The maximum atomic E-state index is 11.8. The summed E-state index contributed by atoms with van der Waals surface area (Å²) in [5.41, 5.74) is 0.998. The zero-order chi connectivity index (χ0) is 13.2. The number of epoxide rings is 1. The molecule has 1 saturated heterocycles. The quantitative estimate of drug-likeness (QED) is 0.587. The van der Waals surface area contributed by atoms with Gasteiger partial charge in [-0.2, -0.15) is 0 Å². The normalized spacial score (nSPS) is 30.4. The largest absolute Gasteiger partial charge is 0.464 e. The van der Waals surface area contributed by atoms with Gasteiger partial charge in [-0.05, 0) is 50.7 Å². The highest BCUT2D eigenvalue weighted by Crippen LogP contribution is 2.55. The van der Waals surface area contributed by atoms with Gasteiger partial charge in [0, 0.05) is 4.24 Å². The SMILES string of the molecule is CCOC(=O)C1OC12CCCCC2=C(SC)SC. The van der Waals surface area contributed by atoms with Crippen LogP contribution in [0.15, 0.2) is 9.81 Å². The molecular formula is C13H20O3S2. The van der Waals surface area contributed by atoms with Gasteiger partial charge in [-0.3, -0.25) is 0 Å². The predicted molar refractivity (Wildman–Crippen MR) is 76.8 cm³/mol. The van der Waals surface area contributed by atoms with E-state index < -0.39 is 0 Å². The van der Waals surface area contributed by atoms with Gasteiger partial charge < -0.3 is 9.47 Å². The summed E-state index contributed by atoms with van der Waals surface area (Å²) < 4.78 is 12.2. The topological polar surface area (TPSA) is 38.8 Å². The summed E-state index contributed by atoms with van der Waals surface area (Å²) in [5, 5.41) is 0. The van der Waals surface area contributed by atoms with Crippen LogP contribution in [0.4, 0.5) is 0 Å². The van der Waals surface area contributed by atoms with Crippen molar-refractivity contribution in [3.63, 3.8) is 0 Å². The fraction of sp³-hybridized carbons (Fsp3) is 0.769. The van der Waals surface area contributed by atoms with E-state index in [0.29, 0.717) is 6.61 Å². The fourth-order valence-electron chi connectivity index (χ4n) is 2.71. The second-order valence-corrected chi connectivity index (χ2v) is 6.41. The summed E-state index contributed by atoms with van der Waals surface area (Å²) in [7, 11) is 0. The zero-order valence-corrected chi connectivity index (χ0v) is 12.8. The molecule has 1 saturated carbocycles. The van der Waals surface area contributed by atoms with E-state index >= 15 is 0 Å². The predicted octanol–water partition coefficient (Wildman–Crippen LogP) is 3.20. The molecule has 2 rings (SSSR count). The lowest BCUT2D eigenvalue weighted by atomic mass is 9.82. The third-order valence-corrected chi connectivity index (χ3v) is 5.78. The van der Waals surface area contributed by atoms with Crippen LogP contribution in [-0.4, -0.2) is 36.8 Å².